The number of nitrogens with zero attached hydrogens (tertiary/aromatic N) is 3. The first-order valence-corrected chi connectivity index (χ1v) is 6.10. The smallest absolute Gasteiger partial charge is 0.117 e. The van der Waals surface area contributed by atoms with Gasteiger partial charge < -0.3 is 9.62 Å². The van der Waals surface area contributed by atoms with Crippen molar-refractivity contribution in [3.8, 4) is 0 Å². The van der Waals surface area contributed by atoms with Gasteiger partial charge in [-0.1, -0.05) is 11.2 Å². The molecule has 5 heteroatoms. The molecule has 0 unspecified atom stereocenters. The summed E-state index contributed by atoms with van der Waals surface area (Å²) in [5.41, 5.74) is 1.63. The summed E-state index contributed by atoms with van der Waals surface area (Å²) in [6.07, 6.45) is 3.43. The fourth-order valence-corrected chi connectivity index (χ4v) is 1.87. The number of aromatic nitrogens is 1. The Labute approximate surface area is 112 Å². The molecule has 19 heavy (non-hydrogen) atoms. The Bertz CT molecular complexity index is 509. The van der Waals surface area contributed by atoms with Crippen molar-refractivity contribution in [2.24, 2.45) is 5.16 Å². The van der Waals surface area contributed by atoms with E-state index in [1.54, 1.807) is 19.4 Å². The van der Waals surface area contributed by atoms with Crippen molar-refractivity contribution in [3.05, 3.63) is 54.2 Å². The minimum Gasteiger partial charge on any atom is -0.468 e. The molecule has 0 aliphatic heterocycles. The van der Waals surface area contributed by atoms with E-state index in [9.17, 15) is 0 Å². The van der Waals surface area contributed by atoms with Crippen molar-refractivity contribution < 1.29 is 9.62 Å². The second kappa shape index (κ2) is 6.70. The Morgan fingerprint density at radius 2 is 2.21 bits per heavy atom. The largest absolute Gasteiger partial charge is 0.468 e. The van der Waals surface area contributed by atoms with Crippen LogP contribution >= 0.6 is 0 Å². The second-order valence-corrected chi connectivity index (χ2v) is 4.38. The summed E-state index contributed by atoms with van der Waals surface area (Å²) in [6, 6.07) is 9.61. The van der Waals surface area contributed by atoms with Gasteiger partial charge in [-0.2, -0.15) is 0 Å². The van der Waals surface area contributed by atoms with Gasteiger partial charge in [0.2, 0.25) is 0 Å². The quantitative estimate of drug-likeness (QED) is 0.492. The number of furan rings is 1. The SMILES string of the molecule is CC(CN(Cc1ccccn1)Cc1ccco1)=NO. The maximum absolute atomic E-state index is 8.80. The summed E-state index contributed by atoms with van der Waals surface area (Å²) in [4.78, 5) is 6.41. The highest BCUT2D eigenvalue weighted by Crippen LogP contribution is 2.09. The summed E-state index contributed by atoms with van der Waals surface area (Å²) in [5.74, 6) is 0.877. The molecular weight excluding hydrogens is 242 g/mol. The van der Waals surface area contributed by atoms with Crippen LogP contribution in [-0.2, 0) is 13.1 Å². The van der Waals surface area contributed by atoms with Crippen molar-refractivity contribution >= 4 is 5.71 Å². The predicted octanol–water partition coefficient (Wildman–Crippen LogP) is 2.53. The lowest BCUT2D eigenvalue weighted by Crippen LogP contribution is -2.28. The van der Waals surface area contributed by atoms with Gasteiger partial charge in [-0.15, -0.1) is 0 Å². The Hall–Kier alpha value is -2.14. The standard InChI is InChI=1S/C14H17N3O2/c1-12(16-18)9-17(11-14-6-4-8-19-14)10-13-5-2-3-7-15-13/h2-8,18H,9-11H2,1H3. The number of oxime groups is 1. The highest BCUT2D eigenvalue weighted by molar-refractivity contribution is 5.83. The molecule has 0 amide bonds. The number of hydrogen-bond donors (Lipinski definition) is 1. The fraction of sp³-hybridized carbons (Fsp3) is 0.286. The zero-order valence-corrected chi connectivity index (χ0v) is 10.9. The van der Waals surface area contributed by atoms with E-state index >= 15 is 0 Å². The van der Waals surface area contributed by atoms with E-state index in [1.807, 2.05) is 30.3 Å². The molecule has 5 nitrogen and oxygen atoms in total. The van der Waals surface area contributed by atoms with E-state index in [1.165, 1.54) is 0 Å². The van der Waals surface area contributed by atoms with Crippen LogP contribution in [0.25, 0.3) is 0 Å². The molecule has 0 aliphatic carbocycles. The van der Waals surface area contributed by atoms with Gasteiger partial charge in [0, 0.05) is 19.3 Å². The molecule has 1 N–H and O–H groups in total. The lowest BCUT2D eigenvalue weighted by molar-refractivity contribution is 0.257. The highest BCUT2D eigenvalue weighted by Gasteiger charge is 2.11. The van der Waals surface area contributed by atoms with E-state index in [2.05, 4.69) is 15.0 Å². The Balaban J connectivity index is 2.05. The molecular formula is C14H17N3O2. The lowest BCUT2D eigenvalue weighted by Gasteiger charge is -2.20. The van der Waals surface area contributed by atoms with Crippen LogP contribution in [0.1, 0.15) is 18.4 Å². The molecule has 2 aromatic rings. The summed E-state index contributed by atoms with van der Waals surface area (Å²) in [7, 11) is 0. The van der Waals surface area contributed by atoms with E-state index in [4.69, 9.17) is 9.62 Å². The van der Waals surface area contributed by atoms with Gasteiger partial charge in [-0.25, -0.2) is 0 Å². The lowest BCUT2D eigenvalue weighted by atomic mass is 10.3. The Kier molecular flexibility index (Phi) is 4.69. The van der Waals surface area contributed by atoms with Crippen LogP contribution in [0.5, 0.6) is 0 Å². The second-order valence-electron chi connectivity index (χ2n) is 4.38. The molecule has 0 aromatic carbocycles. The van der Waals surface area contributed by atoms with Crippen molar-refractivity contribution in [1.82, 2.24) is 9.88 Å². The van der Waals surface area contributed by atoms with Gasteiger partial charge in [0.25, 0.3) is 0 Å². The Morgan fingerprint density at radius 3 is 2.84 bits per heavy atom. The van der Waals surface area contributed by atoms with Gasteiger partial charge in [0.15, 0.2) is 0 Å². The maximum Gasteiger partial charge on any atom is 0.117 e. The molecule has 2 aromatic heterocycles. The van der Waals surface area contributed by atoms with Crippen LogP contribution in [0.4, 0.5) is 0 Å². The van der Waals surface area contributed by atoms with Crippen molar-refractivity contribution in [2.45, 2.75) is 20.0 Å². The third-order valence-corrected chi connectivity index (χ3v) is 2.69. The van der Waals surface area contributed by atoms with Crippen molar-refractivity contribution in [1.29, 1.82) is 0 Å². The molecule has 0 fully saturated rings. The topological polar surface area (TPSA) is 61.9 Å². The maximum atomic E-state index is 8.80. The molecule has 0 aliphatic rings. The minimum absolute atomic E-state index is 0.563. The molecule has 100 valence electrons. The molecule has 0 saturated carbocycles. The van der Waals surface area contributed by atoms with E-state index < -0.39 is 0 Å². The number of pyridine rings is 1. The first kappa shape index (κ1) is 13.3. The molecule has 2 rings (SSSR count). The predicted molar refractivity (Wildman–Crippen MR) is 72.0 cm³/mol. The molecule has 2 heterocycles. The van der Waals surface area contributed by atoms with E-state index in [0.717, 1.165) is 11.5 Å². The van der Waals surface area contributed by atoms with E-state index in [-0.39, 0.29) is 0 Å². The van der Waals surface area contributed by atoms with Crippen LogP contribution in [0.15, 0.2) is 52.4 Å². The minimum atomic E-state index is 0.563. The number of rotatable bonds is 6. The van der Waals surface area contributed by atoms with Crippen LogP contribution in [0.3, 0.4) is 0 Å². The van der Waals surface area contributed by atoms with Crippen LogP contribution in [0, 0.1) is 0 Å². The van der Waals surface area contributed by atoms with Gasteiger partial charge in [-0.05, 0) is 31.2 Å². The molecule has 0 atom stereocenters. The first-order chi connectivity index (χ1) is 9.28. The molecule has 0 spiro atoms. The normalized spacial score (nSPS) is 12.0. The summed E-state index contributed by atoms with van der Waals surface area (Å²) >= 11 is 0. The van der Waals surface area contributed by atoms with Gasteiger partial charge in [0.1, 0.15) is 5.76 Å². The highest BCUT2D eigenvalue weighted by atomic mass is 16.4. The molecule has 0 saturated heterocycles. The zero-order valence-electron chi connectivity index (χ0n) is 10.9. The van der Waals surface area contributed by atoms with Crippen molar-refractivity contribution in [3.63, 3.8) is 0 Å². The number of hydrogen-bond acceptors (Lipinski definition) is 5. The van der Waals surface area contributed by atoms with Gasteiger partial charge in [-0.3, -0.25) is 9.88 Å². The average Bonchev–Trinajstić information content (AvgIpc) is 2.92. The van der Waals surface area contributed by atoms with Gasteiger partial charge >= 0.3 is 0 Å². The third kappa shape index (κ3) is 4.22. The zero-order chi connectivity index (χ0) is 13.5. The Morgan fingerprint density at radius 1 is 1.32 bits per heavy atom. The molecule has 0 radical (unpaired) electrons. The van der Waals surface area contributed by atoms with Crippen LogP contribution in [0.2, 0.25) is 0 Å². The average molecular weight is 259 g/mol. The van der Waals surface area contributed by atoms with Crippen LogP contribution < -0.4 is 0 Å². The monoisotopic (exact) mass is 259 g/mol. The van der Waals surface area contributed by atoms with Crippen LogP contribution in [-0.4, -0.2) is 27.3 Å². The summed E-state index contributed by atoms with van der Waals surface area (Å²) < 4.78 is 5.35. The first-order valence-electron chi connectivity index (χ1n) is 6.10. The summed E-state index contributed by atoms with van der Waals surface area (Å²) in [5, 5.41) is 12.0. The van der Waals surface area contributed by atoms with Crippen molar-refractivity contribution in [2.75, 3.05) is 6.54 Å². The fourth-order valence-electron chi connectivity index (χ4n) is 1.87. The third-order valence-electron chi connectivity index (χ3n) is 2.69. The summed E-state index contributed by atoms with van der Waals surface area (Å²) in [6.45, 7) is 3.67. The molecule has 0 bridgehead atoms. The van der Waals surface area contributed by atoms with E-state index in [0.29, 0.717) is 25.3 Å². The van der Waals surface area contributed by atoms with Gasteiger partial charge in [0.05, 0.1) is 24.2 Å².